The van der Waals surface area contributed by atoms with Gasteiger partial charge in [0.25, 0.3) is 5.91 Å². The van der Waals surface area contributed by atoms with E-state index < -0.39 is 35.6 Å². The van der Waals surface area contributed by atoms with E-state index in [2.05, 4.69) is 29.1 Å². The Hall–Kier alpha value is -3.27. The minimum Gasteiger partial charge on any atom is -0.394 e. The third kappa shape index (κ3) is 5.64. The lowest BCUT2D eigenvalue weighted by Crippen LogP contribution is -2.60. The zero-order valence-corrected chi connectivity index (χ0v) is 28.9. The minimum atomic E-state index is -1.25. The molecule has 2 aromatic rings. The maximum Gasteiger partial charge on any atom is 0.253 e. The van der Waals surface area contributed by atoms with E-state index in [9.17, 15) is 14.7 Å². The summed E-state index contributed by atoms with van der Waals surface area (Å²) in [5, 5.41) is 10.8. The van der Waals surface area contributed by atoms with Crippen LogP contribution in [0.4, 0.5) is 5.69 Å². The SMILES string of the molecule is C=CCN(Cc1ccccc1)C(=O)[C@H]1[C@H]2C(=O)N([C@@H](CO)[C@@H](C)CC)C(C(=O)N(CC=C)c3c(C)cccc3C)C23CC(Br)[C@@H]1O3. The van der Waals surface area contributed by atoms with Crippen molar-refractivity contribution in [3.8, 4) is 0 Å². The van der Waals surface area contributed by atoms with Gasteiger partial charge in [0.15, 0.2) is 0 Å². The number of rotatable bonds is 13. The quantitative estimate of drug-likeness (QED) is 0.231. The topological polar surface area (TPSA) is 90.4 Å². The normalized spacial score (nSPS) is 27.7. The number of anilines is 1. The van der Waals surface area contributed by atoms with E-state index >= 15 is 4.79 Å². The highest BCUT2D eigenvalue weighted by Crippen LogP contribution is 2.61. The Morgan fingerprint density at radius 2 is 1.74 bits per heavy atom. The number of para-hydroxylation sites is 1. The van der Waals surface area contributed by atoms with Crippen molar-refractivity contribution < 1.29 is 24.2 Å². The molecule has 0 radical (unpaired) electrons. The lowest BCUT2D eigenvalue weighted by atomic mass is 9.70. The fraction of sp³-hybridized carbons (Fsp3) is 0.486. The fourth-order valence-corrected chi connectivity index (χ4v) is 8.95. The molecule has 8 nitrogen and oxygen atoms in total. The second-order valence-electron chi connectivity index (χ2n) is 13.0. The van der Waals surface area contributed by atoms with Crippen molar-refractivity contribution >= 4 is 39.3 Å². The number of hydrogen-bond donors (Lipinski definition) is 1. The van der Waals surface area contributed by atoms with Gasteiger partial charge < -0.3 is 24.5 Å². The van der Waals surface area contributed by atoms with Gasteiger partial charge in [0.2, 0.25) is 11.8 Å². The molecule has 3 aliphatic rings. The average molecular weight is 693 g/mol. The molecule has 0 aromatic heterocycles. The number of ether oxygens (including phenoxy) is 1. The van der Waals surface area contributed by atoms with Crippen LogP contribution in [0.5, 0.6) is 0 Å². The van der Waals surface area contributed by atoms with Gasteiger partial charge in [-0.05, 0) is 42.9 Å². The van der Waals surface area contributed by atoms with Crippen molar-refractivity contribution in [3.05, 3.63) is 90.5 Å². The summed E-state index contributed by atoms with van der Waals surface area (Å²) >= 11 is 3.80. The van der Waals surface area contributed by atoms with Crippen molar-refractivity contribution in [2.24, 2.45) is 17.8 Å². The van der Waals surface area contributed by atoms with Crippen LogP contribution in [0.3, 0.4) is 0 Å². The zero-order valence-electron chi connectivity index (χ0n) is 27.3. The highest BCUT2D eigenvalue weighted by Gasteiger charge is 2.77. The molecule has 5 rings (SSSR count). The molecule has 3 fully saturated rings. The van der Waals surface area contributed by atoms with Gasteiger partial charge >= 0.3 is 0 Å². The number of likely N-dealkylation sites (tertiary alicyclic amines) is 1. The summed E-state index contributed by atoms with van der Waals surface area (Å²) in [7, 11) is 0. The molecule has 0 aliphatic carbocycles. The summed E-state index contributed by atoms with van der Waals surface area (Å²) in [6, 6.07) is 13.9. The Morgan fingerprint density at radius 3 is 2.33 bits per heavy atom. The largest absolute Gasteiger partial charge is 0.394 e. The fourth-order valence-electron chi connectivity index (χ4n) is 8.00. The lowest BCUT2D eigenvalue weighted by Gasteiger charge is -2.41. The summed E-state index contributed by atoms with van der Waals surface area (Å²) in [5.41, 5.74) is 2.32. The third-order valence-corrected chi connectivity index (χ3v) is 11.1. The Labute approximate surface area is 281 Å². The van der Waals surface area contributed by atoms with Crippen LogP contribution < -0.4 is 4.90 Å². The maximum absolute atomic E-state index is 15.1. The highest BCUT2D eigenvalue weighted by molar-refractivity contribution is 9.09. The third-order valence-electron chi connectivity index (χ3n) is 10.3. The molecule has 0 saturated carbocycles. The number of benzene rings is 2. The molecule has 1 spiro atoms. The lowest BCUT2D eigenvalue weighted by molar-refractivity contribution is -0.148. The van der Waals surface area contributed by atoms with E-state index in [4.69, 9.17) is 4.74 Å². The van der Waals surface area contributed by atoms with Crippen molar-refractivity contribution in [3.63, 3.8) is 0 Å². The van der Waals surface area contributed by atoms with Crippen LogP contribution in [0.15, 0.2) is 73.8 Å². The molecule has 46 heavy (non-hydrogen) atoms. The minimum absolute atomic E-state index is 0.103. The first-order valence-corrected chi connectivity index (χ1v) is 17.1. The Balaban J connectivity index is 1.63. The van der Waals surface area contributed by atoms with Crippen LogP contribution in [0.1, 0.15) is 43.4 Å². The summed E-state index contributed by atoms with van der Waals surface area (Å²) in [6.07, 6.45) is 3.86. The number of fused-ring (bicyclic) bond motifs is 1. The number of nitrogens with zero attached hydrogens (tertiary/aromatic N) is 3. The van der Waals surface area contributed by atoms with Gasteiger partial charge in [-0.2, -0.15) is 0 Å². The highest BCUT2D eigenvalue weighted by atomic mass is 79.9. The molecule has 246 valence electrons. The van der Waals surface area contributed by atoms with E-state index in [1.165, 1.54) is 0 Å². The molecule has 3 saturated heterocycles. The van der Waals surface area contributed by atoms with E-state index in [0.717, 1.165) is 22.4 Å². The smallest absolute Gasteiger partial charge is 0.253 e. The standard InChI is InChI=1S/C37H46BrN3O5/c1-7-18-39(21-26-16-11-10-12-17-26)34(43)29-30-35(44)41(28(22-42)23(4)9-3)33(37(30)20-27(38)32(29)46-37)36(45)40(19-8-2)31-24(5)14-13-15-25(31)6/h7-8,10-17,23,27-30,32-33,42H,1-2,9,18-22H2,3-6H3/t23-,27?,28-,29-,30-,32-,33?,37?/m0/s1. The first-order chi connectivity index (χ1) is 22.1. The van der Waals surface area contributed by atoms with Gasteiger partial charge in [-0.3, -0.25) is 14.4 Å². The molecule has 9 heteroatoms. The average Bonchev–Trinajstić information content (AvgIpc) is 3.63. The Kier molecular flexibility index (Phi) is 10.3. The van der Waals surface area contributed by atoms with Gasteiger partial charge in [-0.1, -0.05) is 96.9 Å². The monoisotopic (exact) mass is 691 g/mol. The number of carbonyl (C=O) groups is 3. The molecule has 2 bridgehead atoms. The number of aliphatic hydroxyl groups excluding tert-OH is 1. The van der Waals surface area contributed by atoms with Gasteiger partial charge in [0.05, 0.1) is 30.6 Å². The molecular weight excluding hydrogens is 646 g/mol. The zero-order chi connectivity index (χ0) is 33.3. The van der Waals surface area contributed by atoms with Crippen molar-refractivity contribution in [2.45, 2.75) is 75.7 Å². The van der Waals surface area contributed by atoms with Gasteiger partial charge in [0, 0.05) is 30.1 Å². The first-order valence-electron chi connectivity index (χ1n) is 16.2. The van der Waals surface area contributed by atoms with E-state index in [-0.39, 0.29) is 41.6 Å². The van der Waals surface area contributed by atoms with Crippen LogP contribution in [-0.4, -0.2) is 80.9 Å². The van der Waals surface area contributed by atoms with Crippen LogP contribution >= 0.6 is 15.9 Å². The number of carbonyl (C=O) groups excluding carboxylic acids is 3. The Morgan fingerprint density at radius 1 is 1.09 bits per heavy atom. The number of halogens is 1. The maximum atomic E-state index is 15.1. The molecule has 3 unspecified atom stereocenters. The number of alkyl halides is 1. The summed E-state index contributed by atoms with van der Waals surface area (Å²) in [5.74, 6) is -2.59. The van der Waals surface area contributed by atoms with Gasteiger partial charge in [-0.25, -0.2) is 0 Å². The molecule has 3 aliphatic heterocycles. The first kappa shape index (κ1) is 34.1. The molecular formula is C37H46BrN3O5. The predicted octanol–water partition coefficient (Wildman–Crippen LogP) is 5.19. The molecule has 8 atom stereocenters. The summed E-state index contributed by atoms with van der Waals surface area (Å²) in [6.45, 7) is 16.3. The molecule has 3 heterocycles. The second-order valence-corrected chi connectivity index (χ2v) is 14.2. The van der Waals surface area contributed by atoms with Crippen LogP contribution in [0.2, 0.25) is 0 Å². The number of aliphatic hydroxyl groups is 1. The molecule has 1 N–H and O–H groups in total. The summed E-state index contributed by atoms with van der Waals surface area (Å²) < 4.78 is 6.84. The number of hydrogen-bond acceptors (Lipinski definition) is 5. The Bertz CT molecular complexity index is 1460. The van der Waals surface area contributed by atoms with Crippen molar-refractivity contribution in [1.29, 1.82) is 0 Å². The number of amides is 3. The van der Waals surface area contributed by atoms with Crippen molar-refractivity contribution in [2.75, 3.05) is 24.6 Å². The van der Waals surface area contributed by atoms with E-state index in [1.54, 1.807) is 26.9 Å². The summed E-state index contributed by atoms with van der Waals surface area (Å²) in [4.78, 5) is 49.3. The van der Waals surface area contributed by atoms with Crippen LogP contribution in [0.25, 0.3) is 0 Å². The van der Waals surface area contributed by atoms with Gasteiger partial charge in [-0.15, -0.1) is 13.2 Å². The van der Waals surface area contributed by atoms with Crippen LogP contribution in [0, 0.1) is 31.6 Å². The van der Waals surface area contributed by atoms with Gasteiger partial charge in [0.1, 0.15) is 11.6 Å². The van der Waals surface area contributed by atoms with E-state index in [0.29, 0.717) is 25.9 Å². The van der Waals surface area contributed by atoms with Crippen LogP contribution in [-0.2, 0) is 25.7 Å². The van der Waals surface area contributed by atoms with E-state index in [1.807, 2.05) is 76.2 Å². The molecule has 2 aromatic carbocycles. The predicted molar refractivity (Wildman–Crippen MR) is 183 cm³/mol. The van der Waals surface area contributed by atoms with Crippen molar-refractivity contribution in [1.82, 2.24) is 9.80 Å². The second kappa shape index (κ2) is 13.8. The number of aryl methyl sites for hydroxylation is 2. The molecule has 3 amide bonds.